The van der Waals surface area contributed by atoms with Crippen molar-refractivity contribution in [3.05, 3.63) is 74.8 Å². The second kappa shape index (κ2) is 10.4. The van der Waals surface area contributed by atoms with Crippen molar-refractivity contribution < 1.29 is 14.3 Å². The minimum atomic E-state index is -0.902. The number of methoxy groups -OCH3 is 2. The third-order valence-corrected chi connectivity index (χ3v) is 7.14. The zero-order valence-corrected chi connectivity index (χ0v) is 20.3. The number of primary amides is 1. The topological polar surface area (TPSA) is 144 Å². The van der Waals surface area contributed by atoms with E-state index in [0.717, 1.165) is 23.1 Å². The molecule has 176 valence electrons. The van der Waals surface area contributed by atoms with Crippen molar-refractivity contribution in [1.29, 1.82) is 5.26 Å². The molecular weight excluding hydrogens is 486 g/mol. The highest BCUT2D eigenvalue weighted by Crippen LogP contribution is 2.37. The molecule has 0 saturated heterocycles. The normalized spacial score (nSPS) is 11.5. The summed E-state index contributed by atoms with van der Waals surface area (Å²) in [5.41, 5.74) is 7.16. The molecule has 0 saturated carbocycles. The molecule has 9 nitrogen and oxygen atoms in total. The number of hydrogen-bond acceptors (Lipinski definition) is 9. The number of ether oxygens (including phenoxy) is 2. The van der Waals surface area contributed by atoms with Gasteiger partial charge in [0, 0.05) is 16.5 Å². The number of aromatic nitrogens is 3. The van der Waals surface area contributed by atoms with Crippen molar-refractivity contribution in [1.82, 2.24) is 15.0 Å². The molecule has 0 aliphatic rings. The lowest BCUT2D eigenvalue weighted by molar-refractivity contribution is -0.117. The van der Waals surface area contributed by atoms with Crippen LogP contribution >= 0.6 is 23.1 Å². The van der Waals surface area contributed by atoms with Crippen molar-refractivity contribution in [2.75, 3.05) is 14.2 Å². The van der Waals surface area contributed by atoms with Crippen LogP contribution in [0.3, 0.4) is 0 Å². The molecule has 2 aromatic heterocycles. The summed E-state index contributed by atoms with van der Waals surface area (Å²) >= 11 is 2.24. The van der Waals surface area contributed by atoms with E-state index < -0.39 is 16.7 Å². The number of nitrogens with zero attached hydrogens (tertiary/aromatic N) is 3. The predicted molar refractivity (Wildman–Crippen MR) is 133 cm³/mol. The maximum Gasteiger partial charge on any atom is 0.270 e. The van der Waals surface area contributed by atoms with Gasteiger partial charge in [0.1, 0.15) is 33.4 Å². The van der Waals surface area contributed by atoms with Crippen LogP contribution in [-0.4, -0.2) is 35.1 Å². The van der Waals surface area contributed by atoms with Crippen LogP contribution in [0.15, 0.2) is 63.9 Å². The lowest BCUT2D eigenvalue weighted by atomic mass is 10.1. The van der Waals surface area contributed by atoms with E-state index in [1.165, 1.54) is 18.4 Å². The van der Waals surface area contributed by atoms with Gasteiger partial charge in [-0.25, -0.2) is 9.97 Å². The molecule has 0 aliphatic heterocycles. The number of nitrogens with two attached hydrogens (primary N) is 1. The average Bonchev–Trinajstić information content (AvgIpc) is 3.36. The molecule has 2 aromatic carbocycles. The van der Waals surface area contributed by atoms with E-state index in [1.54, 1.807) is 31.4 Å². The lowest BCUT2D eigenvalue weighted by Crippen LogP contribution is -2.21. The maximum absolute atomic E-state index is 12.6. The second-order valence-electron chi connectivity index (χ2n) is 7.14. The number of hydrogen-bond donors (Lipinski definition) is 2. The number of benzene rings is 2. The zero-order valence-electron chi connectivity index (χ0n) is 18.6. The minimum Gasteiger partial charge on any atom is -0.497 e. The molecule has 4 aromatic rings. The third-order valence-electron chi connectivity index (χ3n) is 4.97. The highest BCUT2D eigenvalue weighted by molar-refractivity contribution is 8.00. The highest BCUT2D eigenvalue weighted by Gasteiger charge is 2.26. The van der Waals surface area contributed by atoms with Gasteiger partial charge < -0.3 is 20.2 Å². The number of thioether (sulfide) groups is 1. The van der Waals surface area contributed by atoms with E-state index in [9.17, 15) is 14.9 Å². The molecule has 1 amide bonds. The van der Waals surface area contributed by atoms with E-state index in [0.29, 0.717) is 22.0 Å². The molecule has 0 aliphatic carbocycles. The van der Waals surface area contributed by atoms with Gasteiger partial charge in [-0.3, -0.25) is 9.59 Å². The van der Waals surface area contributed by atoms with E-state index in [4.69, 9.17) is 15.2 Å². The van der Waals surface area contributed by atoms with Crippen LogP contribution in [0.1, 0.15) is 15.8 Å². The fraction of sp³-hybridized carbons (Fsp3) is 0.125. The first-order chi connectivity index (χ1) is 16.9. The molecule has 3 N–H and O–H groups in total. The van der Waals surface area contributed by atoms with Crippen LogP contribution < -0.4 is 20.8 Å². The van der Waals surface area contributed by atoms with E-state index in [1.807, 2.05) is 35.7 Å². The number of H-pyrrole nitrogens is 1. The van der Waals surface area contributed by atoms with Crippen molar-refractivity contribution in [2.24, 2.45) is 5.73 Å². The fourth-order valence-electron chi connectivity index (χ4n) is 3.24. The lowest BCUT2D eigenvalue weighted by Gasteiger charge is -2.11. The van der Waals surface area contributed by atoms with Gasteiger partial charge in [-0.15, -0.1) is 11.3 Å². The molecule has 0 bridgehead atoms. The smallest absolute Gasteiger partial charge is 0.270 e. The van der Waals surface area contributed by atoms with E-state index in [-0.39, 0.29) is 16.4 Å². The monoisotopic (exact) mass is 505 g/mol. The first-order valence-electron chi connectivity index (χ1n) is 10.2. The highest BCUT2D eigenvalue weighted by atomic mass is 32.2. The number of nitriles is 1. The van der Waals surface area contributed by atoms with Crippen molar-refractivity contribution in [3.8, 4) is 40.1 Å². The van der Waals surface area contributed by atoms with Gasteiger partial charge in [-0.2, -0.15) is 5.26 Å². The third kappa shape index (κ3) is 5.18. The summed E-state index contributed by atoms with van der Waals surface area (Å²) in [5.74, 6) is 0.629. The van der Waals surface area contributed by atoms with Gasteiger partial charge in [-0.1, -0.05) is 23.9 Å². The van der Waals surface area contributed by atoms with Crippen LogP contribution in [0.5, 0.6) is 11.5 Å². The number of aromatic amines is 1. The summed E-state index contributed by atoms with van der Waals surface area (Å²) in [6.07, 6.45) is 0. The molecule has 11 heteroatoms. The largest absolute Gasteiger partial charge is 0.497 e. The predicted octanol–water partition coefficient (Wildman–Crippen LogP) is 3.77. The standard InChI is InChI=1S/C24H19N5O4S2/c1-32-15-8-6-13(7-9-15)18-12-34-23(27-18)20(21(26)30)35-24-28-19(17(11-25)22(31)29-24)14-4-3-5-16(10-14)33-2/h3-10,12,20H,1-2H3,(H2,26,30)(H,28,29,31). The SMILES string of the molecule is COc1ccc(-c2csc(C(Sc3nc(-c4cccc(OC)c4)c(C#N)c(=O)[nH]3)C(N)=O)n2)cc1. The van der Waals surface area contributed by atoms with E-state index >= 15 is 0 Å². The first-order valence-corrected chi connectivity index (χ1v) is 11.9. The molecule has 0 spiro atoms. The Morgan fingerprint density at radius 2 is 1.86 bits per heavy atom. The molecule has 1 unspecified atom stereocenters. The molecular formula is C24H19N5O4S2. The Morgan fingerprint density at radius 3 is 2.51 bits per heavy atom. The number of carbonyl (C=O) groups is 1. The Labute approximate surface area is 208 Å². The molecule has 4 rings (SSSR count). The summed E-state index contributed by atoms with van der Waals surface area (Å²) in [6, 6.07) is 16.1. The number of nitrogens with one attached hydrogen (secondary N) is 1. The molecule has 0 radical (unpaired) electrons. The number of amides is 1. The van der Waals surface area contributed by atoms with Gasteiger partial charge in [0.15, 0.2) is 5.16 Å². The Balaban J connectivity index is 1.69. The quantitative estimate of drug-likeness (QED) is 0.272. The maximum atomic E-state index is 12.6. The van der Waals surface area contributed by atoms with Gasteiger partial charge in [0.05, 0.1) is 25.6 Å². The first kappa shape index (κ1) is 24.0. The van der Waals surface area contributed by atoms with Crippen LogP contribution in [-0.2, 0) is 4.79 Å². The number of rotatable bonds is 8. The fourth-order valence-corrected chi connectivity index (χ4v) is 5.15. The Bertz CT molecular complexity index is 1470. The van der Waals surface area contributed by atoms with E-state index in [2.05, 4.69) is 15.0 Å². The van der Waals surface area contributed by atoms with Crippen LogP contribution in [0.2, 0.25) is 0 Å². The van der Waals surface area contributed by atoms with Gasteiger partial charge in [-0.05, 0) is 36.4 Å². The molecule has 35 heavy (non-hydrogen) atoms. The molecule has 1 atom stereocenters. The van der Waals surface area contributed by atoms with Gasteiger partial charge >= 0.3 is 0 Å². The van der Waals surface area contributed by atoms with Gasteiger partial charge in [0.25, 0.3) is 5.56 Å². The summed E-state index contributed by atoms with van der Waals surface area (Å²) < 4.78 is 10.4. The summed E-state index contributed by atoms with van der Waals surface area (Å²) in [7, 11) is 3.11. The average molecular weight is 506 g/mol. The Kier molecular flexibility index (Phi) is 7.14. The summed E-state index contributed by atoms with van der Waals surface area (Å²) in [6.45, 7) is 0. The second-order valence-corrected chi connectivity index (χ2v) is 9.12. The van der Waals surface area contributed by atoms with Crippen LogP contribution in [0.4, 0.5) is 0 Å². The Hall–Kier alpha value is -4.14. The van der Waals surface area contributed by atoms with Crippen molar-refractivity contribution in [2.45, 2.75) is 10.4 Å². The Morgan fingerprint density at radius 1 is 1.11 bits per heavy atom. The number of carbonyl (C=O) groups excluding carboxylic acids is 1. The van der Waals surface area contributed by atoms with Crippen LogP contribution in [0.25, 0.3) is 22.5 Å². The molecule has 0 fully saturated rings. The van der Waals surface area contributed by atoms with Crippen molar-refractivity contribution >= 4 is 29.0 Å². The summed E-state index contributed by atoms with van der Waals surface area (Å²) in [4.78, 5) is 36.6. The van der Waals surface area contributed by atoms with Gasteiger partial charge in [0.2, 0.25) is 5.91 Å². The zero-order chi connectivity index (χ0) is 24.9. The number of thiazole rings is 1. The minimum absolute atomic E-state index is 0.136. The summed E-state index contributed by atoms with van der Waals surface area (Å²) in [5, 5.41) is 11.1. The van der Waals surface area contributed by atoms with Crippen molar-refractivity contribution in [3.63, 3.8) is 0 Å². The van der Waals surface area contributed by atoms with Crippen LogP contribution in [0, 0.1) is 11.3 Å². The molecule has 2 heterocycles.